The van der Waals surface area contributed by atoms with E-state index in [9.17, 15) is 4.79 Å². The third-order valence-corrected chi connectivity index (χ3v) is 3.80. The highest BCUT2D eigenvalue weighted by Crippen LogP contribution is 2.22. The van der Waals surface area contributed by atoms with Crippen molar-refractivity contribution in [2.24, 2.45) is 0 Å². The predicted molar refractivity (Wildman–Crippen MR) is 69.4 cm³/mol. The van der Waals surface area contributed by atoms with Crippen LogP contribution in [0.3, 0.4) is 0 Å². The van der Waals surface area contributed by atoms with E-state index in [4.69, 9.17) is 0 Å². The van der Waals surface area contributed by atoms with Gasteiger partial charge in [-0.3, -0.25) is 4.79 Å². The van der Waals surface area contributed by atoms with Gasteiger partial charge >= 0.3 is 0 Å². The van der Waals surface area contributed by atoms with Crippen LogP contribution in [0, 0.1) is 13.8 Å². The van der Waals surface area contributed by atoms with Crippen LogP contribution >= 0.6 is 31.9 Å². The largest absolute Gasteiger partial charge is 0.357 e. The second kappa shape index (κ2) is 3.76. The van der Waals surface area contributed by atoms with Crippen molar-refractivity contribution in [1.82, 2.24) is 4.98 Å². The highest BCUT2D eigenvalue weighted by molar-refractivity contribution is 9.10. The molecule has 2 aromatic rings. The fraction of sp³-hybridized carbons (Fsp3) is 0.182. The van der Waals surface area contributed by atoms with Gasteiger partial charge in [0.25, 0.3) is 0 Å². The molecule has 1 heterocycles. The van der Waals surface area contributed by atoms with Crippen LogP contribution in [0.15, 0.2) is 25.9 Å². The number of pyridine rings is 1. The zero-order chi connectivity index (χ0) is 11.2. The van der Waals surface area contributed by atoms with Gasteiger partial charge in [0, 0.05) is 15.6 Å². The predicted octanol–water partition coefficient (Wildman–Crippen LogP) is 3.67. The van der Waals surface area contributed by atoms with Gasteiger partial charge in [-0.1, -0.05) is 15.9 Å². The number of rotatable bonds is 0. The van der Waals surface area contributed by atoms with Crippen molar-refractivity contribution < 1.29 is 0 Å². The van der Waals surface area contributed by atoms with Gasteiger partial charge in [0.15, 0.2) is 0 Å². The van der Waals surface area contributed by atoms with Gasteiger partial charge in [-0.25, -0.2) is 0 Å². The molecule has 0 amide bonds. The van der Waals surface area contributed by atoms with Gasteiger partial charge in [-0.2, -0.15) is 0 Å². The van der Waals surface area contributed by atoms with Crippen molar-refractivity contribution in [3.8, 4) is 0 Å². The van der Waals surface area contributed by atoms with E-state index in [0.29, 0.717) is 9.86 Å². The second-order valence-corrected chi connectivity index (χ2v) is 5.25. The van der Waals surface area contributed by atoms with Crippen molar-refractivity contribution in [1.29, 1.82) is 0 Å². The van der Waals surface area contributed by atoms with Crippen LogP contribution in [0.4, 0.5) is 0 Å². The maximum Gasteiger partial charge on any atom is 0.203 e. The summed E-state index contributed by atoms with van der Waals surface area (Å²) in [5.41, 5.74) is 2.86. The highest BCUT2D eigenvalue weighted by atomic mass is 79.9. The molecule has 0 unspecified atom stereocenters. The minimum Gasteiger partial charge on any atom is -0.357 e. The molecule has 0 radical (unpaired) electrons. The number of aryl methyl sites for hydroxylation is 2. The van der Waals surface area contributed by atoms with Gasteiger partial charge in [0.1, 0.15) is 0 Å². The molecule has 4 heteroatoms. The molecule has 0 aliphatic heterocycles. The van der Waals surface area contributed by atoms with Gasteiger partial charge in [0.05, 0.1) is 9.99 Å². The average molecular weight is 331 g/mol. The number of hydrogen-bond donors (Lipinski definition) is 1. The molecule has 0 aliphatic carbocycles. The summed E-state index contributed by atoms with van der Waals surface area (Å²) in [4.78, 5) is 15.2. The normalized spacial score (nSPS) is 10.9. The molecule has 0 aliphatic rings. The number of nitrogens with one attached hydrogen (secondary N) is 1. The van der Waals surface area contributed by atoms with E-state index >= 15 is 0 Å². The van der Waals surface area contributed by atoms with Crippen LogP contribution in [0.25, 0.3) is 10.9 Å². The minimum atomic E-state index is 0.0330. The number of aromatic amines is 1. The summed E-state index contributed by atoms with van der Waals surface area (Å²) in [6.07, 6.45) is 0. The Morgan fingerprint density at radius 3 is 2.53 bits per heavy atom. The summed E-state index contributed by atoms with van der Waals surface area (Å²) in [5.74, 6) is 0. The summed E-state index contributed by atoms with van der Waals surface area (Å²) >= 11 is 6.68. The van der Waals surface area contributed by atoms with Gasteiger partial charge in [-0.05, 0) is 47.5 Å². The minimum absolute atomic E-state index is 0.0330. The third-order valence-electron chi connectivity index (χ3n) is 2.39. The summed E-state index contributed by atoms with van der Waals surface area (Å²) < 4.78 is 1.53. The molecule has 0 fully saturated rings. The second-order valence-electron chi connectivity index (χ2n) is 3.54. The van der Waals surface area contributed by atoms with Crippen molar-refractivity contribution in [3.63, 3.8) is 0 Å². The molecule has 0 atom stereocenters. The summed E-state index contributed by atoms with van der Waals surface area (Å²) in [6.45, 7) is 3.86. The third kappa shape index (κ3) is 1.76. The van der Waals surface area contributed by atoms with E-state index in [2.05, 4.69) is 36.8 Å². The fourth-order valence-electron chi connectivity index (χ4n) is 1.62. The van der Waals surface area contributed by atoms with Crippen molar-refractivity contribution in [2.45, 2.75) is 13.8 Å². The standard InChI is InChI=1S/C11H9Br2NO/c1-5-3-7(12)4-8-10(5)14-6(2)9(13)11(8)15/h3-4H,1-2H3,(H,14,15). The maximum absolute atomic E-state index is 12.0. The molecule has 1 N–H and O–H groups in total. The molecule has 2 nitrogen and oxygen atoms in total. The SMILES string of the molecule is Cc1[nH]c2c(C)cc(Br)cc2c(=O)c1Br. The number of H-pyrrole nitrogens is 1. The molecule has 0 bridgehead atoms. The first kappa shape index (κ1) is 10.9. The number of benzene rings is 1. The summed E-state index contributed by atoms with van der Waals surface area (Å²) in [5, 5.41) is 0.708. The summed E-state index contributed by atoms with van der Waals surface area (Å²) in [7, 11) is 0. The molecule has 1 aromatic carbocycles. The quantitative estimate of drug-likeness (QED) is 0.785. The molecule has 78 valence electrons. The van der Waals surface area contributed by atoms with Gasteiger partial charge in [-0.15, -0.1) is 0 Å². The molecule has 1 aromatic heterocycles. The zero-order valence-electron chi connectivity index (χ0n) is 8.32. The van der Waals surface area contributed by atoms with Gasteiger partial charge < -0.3 is 4.98 Å². The molecule has 15 heavy (non-hydrogen) atoms. The topological polar surface area (TPSA) is 32.9 Å². The van der Waals surface area contributed by atoms with Crippen LogP contribution in [0.2, 0.25) is 0 Å². The Hall–Kier alpha value is -0.610. The lowest BCUT2D eigenvalue weighted by Crippen LogP contribution is -2.07. The smallest absolute Gasteiger partial charge is 0.203 e. The maximum atomic E-state index is 12.0. The van der Waals surface area contributed by atoms with Crippen LogP contribution in [-0.4, -0.2) is 4.98 Å². The molecule has 0 spiro atoms. The number of hydrogen-bond acceptors (Lipinski definition) is 1. The average Bonchev–Trinajstić information content (AvgIpc) is 2.17. The Morgan fingerprint density at radius 1 is 1.20 bits per heavy atom. The highest BCUT2D eigenvalue weighted by Gasteiger charge is 2.08. The fourth-order valence-corrected chi connectivity index (χ4v) is 2.50. The molecular formula is C11H9Br2NO. The molecule has 0 saturated heterocycles. The number of fused-ring (bicyclic) bond motifs is 1. The van der Waals surface area contributed by atoms with E-state index < -0.39 is 0 Å². The first-order valence-electron chi connectivity index (χ1n) is 4.49. The lowest BCUT2D eigenvalue weighted by atomic mass is 10.1. The van der Waals surface area contributed by atoms with E-state index in [1.54, 1.807) is 0 Å². The van der Waals surface area contributed by atoms with Crippen LogP contribution < -0.4 is 5.43 Å². The Labute approximate surface area is 104 Å². The Balaban J connectivity index is 3.06. The Bertz CT molecular complexity index is 602. The van der Waals surface area contributed by atoms with Crippen LogP contribution in [-0.2, 0) is 0 Å². The summed E-state index contributed by atoms with van der Waals surface area (Å²) in [6, 6.07) is 3.83. The molecule has 2 rings (SSSR count). The lowest BCUT2D eigenvalue weighted by Gasteiger charge is -2.06. The van der Waals surface area contributed by atoms with E-state index in [0.717, 1.165) is 21.2 Å². The van der Waals surface area contributed by atoms with Gasteiger partial charge in [0.2, 0.25) is 5.43 Å². The molecule has 0 saturated carbocycles. The first-order chi connectivity index (χ1) is 7.00. The van der Waals surface area contributed by atoms with Crippen molar-refractivity contribution >= 4 is 42.8 Å². The Morgan fingerprint density at radius 2 is 1.87 bits per heavy atom. The molecular weight excluding hydrogens is 322 g/mol. The van der Waals surface area contributed by atoms with Crippen LogP contribution in [0.1, 0.15) is 11.3 Å². The van der Waals surface area contributed by atoms with Crippen LogP contribution in [0.5, 0.6) is 0 Å². The van der Waals surface area contributed by atoms with E-state index in [-0.39, 0.29) is 5.43 Å². The monoisotopic (exact) mass is 329 g/mol. The lowest BCUT2D eigenvalue weighted by molar-refractivity contribution is 1.20. The zero-order valence-corrected chi connectivity index (χ0v) is 11.5. The van der Waals surface area contributed by atoms with E-state index in [1.807, 2.05) is 26.0 Å². The number of aromatic nitrogens is 1. The van der Waals surface area contributed by atoms with E-state index in [1.165, 1.54) is 0 Å². The number of halogens is 2. The Kier molecular flexibility index (Phi) is 2.73. The van der Waals surface area contributed by atoms with Crippen molar-refractivity contribution in [3.05, 3.63) is 42.6 Å². The first-order valence-corrected chi connectivity index (χ1v) is 6.07. The van der Waals surface area contributed by atoms with Crippen molar-refractivity contribution in [2.75, 3.05) is 0 Å².